The first-order chi connectivity index (χ1) is 8.58. The van der Waals surface area contributed by atoms with Gasteiger partial charge >= 0.3 is 0 Å². The minimum Gasteiger partial charge on any atom is -0.370 e. The molecule has 1 aliphatic rings. The van der Waals surface area contributed by atoms with E-state index in [-0.39, 0.29) is 6.04 Å². The molecule has 1 heterocycles. The zero-order chi connectivity index (χ0) is 13.1. The van der Waals surface area contributed by atoms with Crippen LogP contribution in [0.5, 0.6) is 0 Å². The molecule has 0 radical (unpaired) electrons. The molecule has 1 aromatic carbocycles. The molecule has 3 heteroatoms. The van der Waals surface area contributed by atoms with Gasteiger partial charge in [0.25, 0.3) is 0 Å². The monoisotopic (exact) mass is 266 g/mol. The zero-order valence-corrected chi connectivity index (χ0v) is 12.1. The number of piperidine rings is 1. The average molecular weight is 267 g/mol. The van der Waals surface area contributed by atoms with E-state index in [0.717, 1.165) is 30.5 Å². The Morgan fingerprint density at radius 2 is 2.28 bits per heavy atom. The third kappa shape index (κ3) is 3.18. The van der Waals surface area contributed by atoms with Gasteiger partial charge in [-0.1, -0.05) is 30.7 Å². The van der Waals surface area contributed by atoms with Gasteiger partial charge in [-0.15, -0.1) is 0 Å². The number of hydrogen-bond acceptors (Lipinski definition) is 2. The van der Waals surface area contributed by atoms with Gasteiger partial charge < -0.3 is 10.6 Å². The van der Waals surface area contributed by atoms with Crippen molar-refractivity contribution in [1.29, 1.82) is 0 Å². The summed E-state index contributed by atoms with van der Waals surface area (Å²) in [6, 6.07) is 6.34. The van der Waals surface area contributed by atoms with Crippen molar-refractivity contribution < 1.29 is 0 Å². The second-order valence-corrected chi connectivity index (χ2v) is 6.03. The Labute approximate surface area is 115 Å². The van der Waals surface area contributed by atoms with Crippen molar-refractivity contribution in [3.05, 3.63) is 28.8 Å². The lowest BCUT2D eigenvalue weighted by Gasteiger charge is -2.35. The van der Waals surface area contributed by atoms with Crippen LogP contribution in [-0.4, -0.2) is 19.1 Å². The highest BCUT2D eigenvalue weighted by Crippen LogP contribution is 2.33. The Hall–Kier alpha value is -0.730. The Bertz CT molecular complexity index is 403. The van der Waals surface area contributed by atoms with Gasteiger partial charge in [0.15, 0.2) is 0 Å². The lowest BCUT2D eigenvalue weighted by atomic mass is 9.97. The second-order valence-electron chi connectivity index (χ2n) is 5.62. The first-order valence-electron chi connectivity index (χ1n) is 6.86. The van der Waals surface area contributed by atoms with E-state index < -0.39 is 0 Å². The highest BCUT2D eigenvalue weighted by molar-refractivity contribution is 6.33. The maximum Gasteiger partial charge on any atom is 0.0642 e. The first-order valence-corrected chi connectivity index (χ1v) is 7.23. The number of anilines is 1. The SMILES string of the molecule is CC(N)Cc1cccc(Cl)c1N1CCCC(C)C1. The topological polar surface area (TPSA) is 29.3 Å². The van der Waals surface area contributed by atoms with Gasteiger partial charge in [-0.3, -0.25) is 0 Å². The number of nitrogens with zero attached hydrogens (tertiary/aromatic N) is 1. The number of rotatable bonds is 3. The molecule has 0 amide bonds. The number of para-hydroxylation sites is 1. The molecule has 100 valence electrons. The molecule has 2 rings (SSSR count). The average Bonchev–Trinajstić information content (AvgIpc) is 2.28. The summed E-state index contributed by atoms with van der Waals surface area (Å²) in [7, 11) is 0. The molecule has 2 atom stereocenters. The smallest absolute Gasteiger partial charge is 0.0642 e. The molecule has 1 fully saturated rings. The van der Waals surface area contributed by atoms with E-state index in [9.17, 15) is 0 Å². The van der Waals surface area contributed by atoms with Crippen LogP contribution in [0, 0.1) is 5.92 Å². The molecular formula is C15H23ClN2. The molecule has 0 saturated carbocycles. The minimum absolute atomic E-state index is 0.171. The lowest BCUT2D eigenvalue weighted by Crippen LogP contribution is -2.35. The molecule has 1 aromatic rings. The van der Waals surface area contributed by atoms with Gasteiger partial charge in [-0.2, -0.15) is 0 Å². The standard InChI is InChI=1S/C15H23ClN2/c1-11-5-4-8-18(10-11)15-13(9-12(2)17)6-3-7-14(15)16/h3,6-7,11-12H,4-5,8-10,17H2,1-2H3. The van der Waals surface area contributed by atoms with Crippen LogP contribution in [0.1, 0.15) is 32.3 Å². The predicted molar refractivity (Wildman–Crippen MR) is 79.4 cm³/mol. The van der Waals surface area contributed by atoms with E-state index in [1.807, 2.05) is 19.1 Å². The summed E-state index contributed by atoms with van der Waals surface area (Å²) < 4.78 is 0. The Morgan fingerprint density at radius 3 is 2.94 bits per heavy atom. The third-order valence-corrected chi connectivity index (χ3v) is 3.89. The van der Waals surface area contributed by atoms with E-state index in [0.29, 0.717) is 0 Å². The summed E-state index contributed by atoms with van der Waals surface area (Å²) in [5.41, 5.74) is 8.43. The maximum atomic E-state index is 6.41. The summed E-state index contributed by atoms with van der Waals surface area (Å²) in [5.74, 6) is 0.748. The highest BCUT2D eigenvalue weighted by Gasteiger charge is 2.21. The lowest BCUT2D eigenvalue weighted by molar-refractivity contribution is 0.446. The molecule has 1 saturated heterocycles. The van der Waals surface area contributed by atoms with Crippen molar-refractivity contribution in [3.8, 4) is 0 Å². The molecule has 18 heavy (non-hydrogen) atoms. The van der Waals surface area contributed by atoms with Gasteiger partial charge in [0.1, 0.15) is 0 Å². The summed E-state index contributed by atoms with van der Waals surface area (Å²) in [4.78, 5) is 2.44. The number of nitrogens with two attached hydrogens (primary N) is 1. The van der Waals surface area contributed by atoms with Crippen molar-refractivity contribution >= 4 is 17.3 Å². The van der Waals surface area contributed by atoms with Gasteiger partial charge in [0, 0.05) is 19.1 Å². The molecule has 2 unspecified atom stereocenters. The fraction of sp³-hybridized carbons (Fsp3) is 0.600. The van der Waals surface area contributed by atoms with Gasteiger partial charge in [-0.05, 0) is 43.7 Å². The van der Waals surface area contributed by atoms with Crippen molar-refractivity contribution in [1.82, 2.24) is 0 Å². The number of hydrogen-bond donors (Lipinski definition) is 1. The van der Waals surface area contributed by atoms with Gasteiger partial charge in [0.2, 0.25) is 0 Å². The molecular weight excluding hydrogens is 244 g/mol. The van der Waals surface area contributed by atoms with Crippen molar-refractivity contribution in [2.75, 3.05) is 18.0 Å². The normalized spacial score (nSPS) is 22.0. The zero-order valence-electron chi connectivity index (χ0n) is 11.3. The van der Waals surface area contributed by atoms with Crippen LogP contribution in [0.15, 0.2) is 18.2 Å². The summed E-state index contributed by atoms with van der Waals surface area (Å²) in [6.45, 7) is 6.58. The van der Waals surface area contributed by atoms with Crippen LogP contribution < -0.4 is 10.6 Å². The Kier molecular flexibility index (Phi) is 4.52. The van der Waals surface area contributed by atoms with Crippen molar-refractivity contribution in [2.45, 2.75) is 39.2 Å². The fourth-order valence-electron chi connectivity index (χ4n) is 2.82. The Balaban J connectivity index is 2.29. The maximum absolute atomic E-state index is 6.41. The van der Waals surface area contributed by atoms with E-state index in [2.05, 4.69) is 17.9 Å². The first kappa shape index (κ1) is 13.7. The van der Waals surface area contributed by atoms with E-state index in [1.165, 1.54) is 24.1 Å². The van der Waals surface area contributed by atoms with Crippen LogP contribution in [0.3, 0.4) is 0 Å². The summed E-state index contributed by atoms with van der Waals surface area (Å²) in [5, 5.41) is 0.863. The predicted octanol–water partition coefficient (Wildman–Crippen LogP) is 3.47. The quantitative estimate of drug-likeness (QED) is 0.908. The second kappa shape index (κ2) is 5.94. The molecule has 0 aromatic heterocycles. The molecule has 0 aliphatic carbocycles. The molecule has 2 nitrogen and oxygen atoms in total. The van der Waals surface area contributed by atoms with Crippen LogP contribution >= 0.6 is 11.6 Å². The van der Waals surface area contributed by atoms with Crippen LogP contribution in [0.25, 0.3) is 0 Å². The van der Waals surface area contributed by atoms with Gasteiger partial charge in [0.05, 0.1) is 10.7 Å². The highest BCUT2D eigenvalue weighted by atomic mass is 35.5. The van der Waals surface area contributed by atoms with Crippen LogP contribution in [0.4, 0.5) is 5.69 Å². The Morgan fingerprint density at radius 1 is 1.50 bits per heavy atom. The molecule has 0 spiro atoms. The van der Waals surface area contributed by atoms with E-state index in [1.54, 1.807) is 0 Å². The largest absolute Gasteiger partial charge is 0.370 e. The summed E-state index contributed by atoms with van der Waals surface area (Å²) >= 11 is 6.41. The molecule has 2 N–H and O–H groups in total. The van der Waals surface area contributed by atoms with E-state index >= 15 is 0 Å². The molecule has 0 bridgehead atoms. The van der Waals surface area contributed by atoms with E-state index in [4.69, 9.17) is 17.3 Å². The third-order valence-electron chi connectivity index (χ3n) is 3.59. The van der Waals surface area contributed by atoms with Crippen molar-refractivity contribution in [2.24, 2.45) is 11.7 Å². The fourth-order valence-corrected chi connectivity index (χ4v) is 3.13. The number of halogens is 1. The minimum atomic E-state index is 0.171. The van der Waals surface area contributed by atoms with Crippen LogP contribution in [-0.2, 0) is 6.42 Å². The van der Waals surface area contributed by atoms with Crippen molar-refractivity contribution in [3.63, 3.8) is 0 Å². The number of benzene rings is 1. The molecule has 1 aliphatic heterocycles. The van der Waals surface area contributed by atoms with Gasteiger partial charge in [-0.25, -0.2) is 0 Å². The summed E-state index contributed by atoms with van der Waals surface area (Å²) in [6.07, 6.45) is 3.47. The van der Waals surface area contributed by atoms with Crippen LogP contribution in [0.2, 0.25) is 5.02 Å².